The summed E-state index contributed by atoms with van der Waals surface area (Å²) in [5.41, 5.74) is -1.08. The first-order valence-corrected chi connectivity index (χ1v) is 13.6. The quantitative estimate of drug-likeness (QED) is 0.539. The average molecular weight is 406 g/mol. The number of aliphatic carboxylic acids is 1. The van der Waals surface area contributed by atoms with Crippen LogP contribution in [-0.2, 0) is 24.8 Å². The van der Waals surface area contributed by atoms with Crippen molar-refractivity contribution < 1.29 is 23.3 Å². The Labute approximate surface area is 157 Å². The van der Waals surface area contributed by atoms with Crippen molar-refractivity contribution in [1.29, 1.82) is 0 Å². The molecule has 0 aromatic rings. The molecule has 142 valence electrons. The first-order valence-electron chi connectivity index (χ1n) is 8.37. The fraction of sp³-hybridized carbons (Fsp3) is 0.750. The molecule has 1 unspecified atom stereocenters. The molecular weight excluding hydrogens is 378 g/mol. The monoisotopic (exact) mass is 405 g/mol. The lowest BCUT2D eigenvalue weighted by molar-refractivity contribution is -0.177. The second kappa shape index (κ2) is 6.83. The van der Waals surface area contributed by atoms with Crippen LogP contribution in [0.5, 0.6) is 0 Å². The van der Waals surface area contributed by atoms with Crippen LogP contribution >= 0.6 is 11.8 Å². The molecule has 25 heavy (non-hydrogen) atoms. The summed E-state index contributed by atoms with van der Waals surface area (Å²) in [7, 11) is -2.90. The van der Waals surface area contributed by atoms with E-state index in [4.69, 9.17) is 4.43 Å². The summed E-state index contributed by atoms with van der Waals surface area (Å²) in [5, 5.41) is 9.14. The number of hydrogen-bond acceptors (Lipinski definition) is 5. The zero-order chi connectivity index (χ0) is 19.3. The lowest BCUT2D eigenvalue weighted by Crippen LogP contribution is -2.70. The van der Waals surface area contributed by atoms with E-state index in [0.29, 0.717) is 6.42 Å². The van der Waals surface area contributed by atoms with Gasteiger partial charge in [0.05, 0.1) is 22.3 Å². The fourth-order valence-electron chi connectivity index (χ4n) is 3.88. The van der Waals surface area contributed by atoms with Gasteiger partial charge in [0.1, 0.15) is 9.61 Å². The van der Waals surface area contributed by atoms with Crippen molar-refractivity contribution in [2.24, 2.45) is 11.3 Å². The summed E-state index contributed by atoms with van der Waals surface area (Å²) >= 11 is 1.24. The van der Waals surface area contributed by atoms with E-state index < -0.39 is 37.3 Å². The van der Waals surface area contributed by atoms with Gasteiger partial charge < -0.3 is 9.53 Å². The molecule has 0 saturated carbocycles. The highest BCUT2D eigenvalue weighted by molar-refractivity contribution is 8.17. The lowest BCUT2D eigenvalue weighted by Gasteiger charge is -2.57. The molecule has 2 aliphatic heterocycles. The van der Waals surface area contributed by atoms with Gasteiger partial charge in [-0.1, -0.05) is 39.5 Å². The normalized spacial score (nSPS) is 27.2. The zero-order valence-corrected chi connectivity index (χ0v) is 18.6. The molecule has 0 aliphatic carbocycles. The molecule has 1 saturated heterocycles. The fourth-order valence-corrected chi connectivity index (χ4v) is 7.99. The standard InChI is InChI=1S/C16H27NO5S2Si/c1-8-16(15(2,3)4,22-25(6)7)9-11(18)17-10(13(19)20)14(24(5)21)23-12(9)17/h9,12,25H,8H2,1-7H3,(H,19,20)/t9-,12-,16-,24?/m1/s1. The van der Waals surface area contributed by atoms with Gasteiger partial charge in [-0.15, -0.1) is 0 Å². The van der Waals surface area contributed by atoms with E-state index >= 15 is 0 Å². The summed E-state index contributed by atoms with van der Waals surface area (Å²) in [6.45, 7) is 12.4. The summed E-state index contributed by atoms with van der Waals surface area (Å²) in [6, 6.07) is 0. The Balaban J connectivity index is 2.49. The van der Waals surface area contributed by atoms with E-state index in [1.54, 1.807) is 0 Å². The van der Waals surface area contributed by atoms with Crippen molar-refractivity contribution in [3.63, 3.8) is 0 Å². The van der Waals surface area contributed by atoms with Gasteiger partial charge in [-0.2, -0.15) is 0 Å². The van der Waals surface area contributed by atoms with Gasteiger partial charge in [-0.25, -0.2) is 4.79 Å². The van der Waals surface area contributed by atoms with Crippen molar-refractivity contribution in [3.05, 3.63) is 9.93 Å². The van der Waals surface area contributed by atoms with Gasteiger partial charge in [-0.3, -0.25) is 13.9 Å². The van der Waals surface area contributed by atoms with E-state index in [9.17, 15) is 18.9 Å². The molecule has 6 nitrogen and oxygen atoms in total. The van der Waals surface area contributed by atoms with Crippen LogP contribution in [0.3, 0.4) is 0 Å². The van der Waals surface area contributed by atoms with Crippen molar-refractivity contribution in [2.45, 2.75) is 58.2 Å². The van der Waals surface area contributed by atoms with Crippen molar-refractivity contribution in [1.82, 2.24) is 4.90 Å². The molecule has 0 spiro atoms. The van der Waals surface area contributed by atoms with Crippen LogP contribution in [0.15, 0.2) is 9.93 Å². The largest absolute Gasteiger partial charge is 0.477 e. The van der Waals surface area contributed by atoms with Crippen LogP contribution in [0.2, 0.25) is 13.1 Å². The Morgan fingerprint density at radius 1 is 1.40 bits per heavy atom. The minimum absolute atomic E-state index is 0.127. The topological polar surface area (TPSA) is 83.9 Å². The highest BCUT2D eigenvalue weighted by atomic mass is 32.2. The number of carbonyl (C=O) groups is 2. The van der Waals surface area contributed by atoms with Crippen LogP contribution in [0, 0.1) is 11.3 Å². The van der Waals surface area contributed by atoms with Crippen molar-refractivity contribution in [3.8, 4) is 0 Å². The average Bonchev–Trinajstić information content (AvgIpc) is 2.80. The van der Waals surface area contributed by atoms with Crippen LogP contribution in [-0.4, -0.2) is 52.4 Å². The highest BCUT2D eigenvalue weighted by Crippen LogP contribution is 2.58. The second-order valence-electron chi connectivity index (χ2n) is 7.75. The summed E-state index contributed by atoms with van der Waals surface area (Å²) < 4.78 is 18.7. The van der Waals surface area contributed by atoms with Gasteiger partial charge in [0.15, 0.2) is 14.7 Å². The van der Waals surface area contributed by atoms with Crippen LogP contribution < -0.4 is 0 Å². The molecule has 2 heterocycles. The van der Waals surface area contributed by atoms with Gasteiger partial charge in [0.2, 0.25) is 5.91 Å². The Morgan fingerprint density at radius 3 is 2.32 bits per heavy atom. The molecular formula is C16H27NO5S2Si. The highest BCUT2D eigenvalue weighted by Gasteiger charge is 2.66. The zero-order valence-electron chi connectivity index (χ0n) is 15.8. The molecule has 2 aliphatic rings. The van der Waals surface area contributed by atoms with Gasteiger partial charge in [-0.05, 0) is 24.9 Å². The number of carboxylic acids is 1. The maximum absolute atomic E-state index is 13.0. The Hall–Kier alpha value is -0.643. The molecule has 0 aromatic heterocycles. The van der Waals surface area contributed by atoms with Crippen LogP contribution in [0.4, 0.5) is 0 Å². The number of thioether (sulfide) groups is 1. The molecule has 1 N–H and O–H groups in total. The number of nitrogens with zero attached hydrogens (tertiary/aromatic N) is 1. The number of carboxylic acid groups (broad SMARTS) is 1. The molecule has 9 heteroatoms. The van der Waals surface area contributed by atoms with E-state index in [2.05, 4.69) is 33.9 Å². The van der Waals surface area contributed by atoms with Crippen molar-refractivity contribution >= 4 is 43.5 Å². The number of β-lactam (4-membered cyclic amide) rings is 1. The molecule has 0 bridgehead atoms. The third kappa shape index (κ3) is 3.13. The van der Waals surface area contributed by atoms with Crippen LogP contribution in [0.25, 0.3) is 0 Å². The molecule has 2 rings (SSSR count). The van der Waals surface area contributed by atoms with Gasteiger partial charge >= 0.3 is 5.97 Å². The SMILES string of the molecule is CC[C@@](O[SiH](C)C)([C@@H]1C(=O)N2C(C(=O)O)=C(S(C)=O)S[C@H]12)C(C)(C)C. The predicted octanol–water partition coefficient (Wildman–Crippen LogP) is 2.34. The number of carbonyl (C=O) groups excluding carboxylic acids is 1. The first kappa shape index (κ1) is 20.7. The maximum atomic E-state index is 13.0. The van der Waals surface area contributed by atoms with E-state index in [0.717, 1.165) is 0 Å². The Morgan fingerprint density at radius 2 is 1.96 bits per heavy atom. The summed E-state index contributed by atoms with van der Waals surface area (Å²) in [5.74, 6) is -1.88. The Bertz CT molecular complexity index is 657. The number of hydrogen-bond donors (Lipinski definition) is 1. The van der Waals surface area contributed by atoms with E-state index in [1.807, 2.05) is 6.92 Å². The molecule has 0 radical (unpaired) electrons. The lowest BCUT2D eigenvalue weighted by atomic mass is 9.64. The number of amides is 1. The number of rotatable bonds is 6. The first-order chi connectivity index (χ1) is 11.4. The van der Waals surface area contributed by atoms with E-state index in [-0.39, 0.29) is 26.6 Å². The van der Waals surface area contributed by atoms with Crippen molar-refractivity contribution in [2.75, 3.05) is 6.26 Å². The predicted molar refractivity (Wildman–Crippen MR) is 103 cm³/mol. The smallest absolute Gasteiger partial charge is 0.354 e. The molecule has 1 fully saturated rings. The van der Waals surface area contributed by atoms with Gasteiger partial charge in [0, 0.05) is 6.26 Å². The summed E-state index contributed by atoms with van der Waals surface area (Å²) in [6.07, 6.45) is 2.11. The summed E-state index contributed by atoms with van der Waals surface area (Å²) in [4.78, 5) is 25.9. The third-order valence-corrected chi connectivity index (χ3v) is 8.64. The Kier molecular flexibility index (Phi) is 5.64. The second-order valence-corrected chi connectivity index (χ2v) is 12.8. The number of fused-ring (bicyclic) bond motifs is 1. The third-order valence-electron chi connectivity index (χ3n) is 4.91. The van der Waals surface area contributed by atoms with Gasteiger partial charge in [0.25, 0.3) is 0 Å². The molecule has 0 aromatic carbocycles. The minimum atomic E-state index is -1.46. The maximum Gasteiger partial charge on any atom is 0.354 e. The molecule has 1 amide bonds. The minimum Gasteiger partial charge on any atom is -0.477 e. The van der Waals surface area contributed by atoms with Crippen LogP contribution in [0.1, 0.15) is 34.1 Å². The molecule has 4 atom stereocenters. The van der Waals surface area contributed by atoms with E-state index in [1.165, 1.54) is 22.9 Å².